The highest BCUT2D eigenvalue weighted by atomic mass is 16.1. The Morgan fingerprint density at radius 3 is 1.94 bits per heavy atom. The van der Waals surface area contributed by atoms with Gasteiger partial charge in [-0.05, 0) is 19.3 Å². The van der Waals surface area contributed by atoms with Gasteiger partial charge in [-0.25, -0.2) is 9.97 Å². The first-order chi connectivity index (χ1) is 16.3. The molecule has 0 radical (unpaired) electrons. The summed E-state index contributed by atoms with van der Waals surface area (Å²) in [4.78, 5) is 22.1. The average Bonchev–Trinajstić information content (AvgIpc) is 3.07. The van der Waals surface area contributed by atoms with E-state index >= 15 is 0 Å². The smallest absolute Gasteiger partial charge is 0.281 e. The number of fused-ring (bicyclic) bond motifs is 2. The lowest BCUT2D eigenvalue weighted by atomic mass is 10.0. The predicted octanol–water partition coefficient (Wildman–Crippen LogP) is 7.58. The second-order valence-corrected chi connectivity index (χ2v) is 10.2. The van der Waals surface area contributed by atoms with Crippen molar-refractivity contribution in [3.8, 4) is 0 Å². The lowest BCUT2D eigenvalue weighted by Crippen LogP contribution is -2.25. The van der Waals surface area contributed by atoms with Crippen LogP contribution in [0.15, 0.2) is 11.1 Å². The first kappa shape index (κ1) is 26.0. The third-order valence-electron chi connectivity index (χ3n) is 7.34. The molecule has 0 bridgehead atoms. The van der Waals surface area contributed by atoms with E-state index in [9.17, 15) is 4.79 Å². The molecule has 0 saturated heterocycles. The summed E-state index contributed by atoms with van der Waals surface area (Å²) in [5.74, 6) is 0.957. The Balaban J connectivity index is 1.23. The van der Waals surface area contributed by atoms with Crippen molar-refractivity contribution in [3.05, 3.63) is 22.5 Å². The molecule has 2 aromatic rings. The number of hydrogen-bond donors (Lipinski definition) is 0. The zero-order valence-corrected chi connectivity index (χ0v) is 21.3. The van der Waals surface area contributed by atoms with E-state index in [1.54, 1.807) is 0 Å². The van der Waals surface area contributed by atoms with Crippen LogP contribution < -0.4 is 5.56 Å². The Labute approximate surface area is 201 Å². The van der Waals surface area contributed by atoms with E-state index in [2.05, 4.69) is 16.5 Å². The zero-order chi connectivity index (χ0) is 23.1. The van der Waals surface area contributed by atoms with Crippen molar-refractivity contribution < 1.29 is 0 Å². The molecule has 0 fully saturated rings. The summed E-state index contributed by atoms with van der Waals surface area (Å²) in [6, 6.07) is 0. The van der Waals surface area contributed by atoms with E-state index in [-0.39, 0.29) is 5.56 Å². The molecule has 0 spiro atoms. The molecule has 0 N–H and O–H groups in total. The molecule has 0 amide bonds. The third-order valence-corrected chi connectivity index (χ3v) is 7.34. The molecule has 0 saturated carbocycles. The minimum Gasteiger partial charge on any atom is -0.315 e. The van der Waals surface area contributed by atoms with Gasteiger partial charge in [0.1, 0.15) is 5.82 Å². The zero-order valence-electron chi connectivity index (χ0n) is 21.3. The number of nitrogens with zero attached hydrogens (tertiary/aromatic N) is 4. The molecule has 5 heteroatoms. The Hall–Kier alpha value is -1.65. The van der Waals surface area contributed by atoms with Crippen LogP contribution in [0.4, 0.5) is 0 Å². The molecule has 0 aliphatic carbocycles. The van der Waals surface area contributed by atoms with Crippen LogP contribution in [-0.4, -0.2) is 19.1 Å². The summed E-state index contributed by atoms with van der Waals surface area (Å²) in [5.41, 5.74) is 1.41. The molecule has 3 rings (SSSR count). The monoisotopic (exact) mass is 456 g/mol. The maximum Gasteiger partial charge on any atom is 0.281 e. The standard InChI is InChI=1S/C28H48N4O/c1-2-3-4-5-6-7-8-9-10-11-12-13-14-15-16-19-22-31-24-29-26-27(31)30-25-21-18-17-20-23-32(25)28(26)33/h24H,2-23H2,1H3. The van der Waals surface area contributed by atoms with Gasteiger partial charge in [0, 0.05) is 19.5 Å². The van der Waals surface area contributed by atoms with Crippen LogP contribution in [0, 0.1) is 0 Å². The fourth-order valence-corrected chi connectivity index (χ4v) is 5.22. The fourth-order valence-electron chi connectivity index (χ4n) is 5.22. The molecular weight excluding hydrogens is 408 g/mol. The van der Waals surface area contributed by atoms with Crippen molar-refractivity contribution in [2.24, 2.45) is 0 Å². The summed E-state index contributed by atoms with van der Waals surface area (Å²) in [7, 11) is 0. The highest BCUT2D eigenvalue weighted by molar-refractivity contribution is 5.69. The minimum absolute atomic E-state index is 0.0580. The van der Waals surface area contributed by atoms with Crippen LogP contribution in [0.5, 0.6) is 0 Å². The van der Waals surface area contributed by atoms with Gasteiger partial charge in [-0.3, -0.25) is 9.36 Å². The Morgan fingerprint density at radius 2 is 1.33 bits per heavy atom. The maximum atomic E-state index is 12.8. The van der Waals surface area contributed by atoms with Crippen LogP contribution in [0.1, 0.15) is 135 Å². The molecule has 3 heterocycles. The van der Waals surface area contributed by atoms with E-state index in [0.717, 1.165) is 50.2 Å². The van der Waals surface area contributed by atoms with Gasteiger partial charge in [0.15, 0.2) is 11.2 Å². The fraction of sp³-hybridized carbons (Fsp3) is 0.821. The second-order valence-electron chi connectivity index (χ2n) is 10.2. The van der Waals surface area contributed by atoms with Crippen molar-refractivity contribution >= 4 is 11.2 Å². The molecule has 5 nitrogen and oxygen atoms in total. The van der Waals surface area contributed by atoms with Crippen molar-refractivity contribution in [1.29, 1.82) is 0 Å². The van der Waals surface area contributed by atoms with Gasteiger partial charge in [0.05, 0.1) is 6.33 Å². The number of unbranched alkanes of at least 4 members (excludes halogenated alkanes) is 15. The van der Waals surface area contributed by atoms with Gasteiger partial charge in [0.25, 0.3) is 5.56 Å². The first-order valence-corrected chi connectivity index (χ1v) is 14.3. The van der Waals surface area contributed by atoms with E-state index in [1.165, 1.54) is 103 Å². The van der Waals surface area contributed by atoms with Gasteiger partial charge < -0.3 is 4.57 Å². The number of aryl methyl sites for hydroxylation is 2. The van der Waals surface area contributed by atoms with E-state index in [4.69, 9.17) is 4.98 Å². The Bertz CT molecular complexity index is 853. The molecule has 2 aromatic heterocycles. The average molecular weight is 457 g/mol. The summed E-state index contributed by atoms with van der Waals surface area (Å²) in [6.07, 6.45) is 28.3. The van der Waals surface area contributed by atoms with Crippen LogP contribution in [0.3, 0.4) is 0 Å². The van der Waals surface area contributed by atoms with Crippen molar-refractivity contribution in [2.75, 3.05) is 0 Å². The second kappa shape index (κ2) is 15.3. The summed E-state index contributed by atoms with van der Waals surface area (Å²) >= 11 is 0. The molecule has 1 aliphatic rings. The number of imidazole rings is 1. The van der Waals surface area contributed by atoms with Crippen LogP contribution >= 0.6 is 0 Å². The van der Waals surface area contributed by atoms with E-state index in [1.807, 2.05) is 10.9 Å². The topological polar surface area (TPSA) is 52.7 Å². The molecule has 0 aromatic carbocycles. The molecule has 186 valence electrons. The van der Waals surface area contributed by atoms with E-state index in [0.29, 0.717) is 5.52 Å². The van der Waals surface area contributed by atoms with Gasteiger partial charge in [-0.2, -0.15) is 0 Å². The lowest BCUT2D eigenvalue weighted by Gasteiger charge is -2.09. The van der Waals surface area contributed by atoms with Crippen molar-refractivity contribution in [2.45, 2.75) is 148 Å². The molecule has 1 aliphatic heterocycles. The van der Waals surface area contributed by atoms with Crippen molar-refractivity contribution in [1.82, 2.24) is 19.1 Å². The maximum absolute atomic E-state index is 12.8. The normalized spacial score (nSPS) is 14.0. The van der Waals surface area contributed by atoms with Crippen LogP contribution in [-0.2, 0) is 19.5 Å². The van der Waals surface area contributed by atoms with Crippen molar-refractivity contribution in [3.63, 3.8) is 0 Å². The van der Waals surface area contributed by atoms with Gasteiger partial charge in [0.2, 0.25) is 0 Å². The van der Waals surface area contributed by atoms with Gasteiger partial charge >= 0.3 is 0 Å². The highest BCUT2D eigenvalue weighted by Gasteiger charge is 2.16. The number of rotatable bonds is 17. The van der Waals surface area contributed by atoms with Gasteiger partial charge in [-0.15, -0.1) is 0 Å². The highest BCUT2D eigenvalue weighted by Crippen LogP contribution is 2.16. The van der Waals surface area contributed by atoms with E-state index < -0.39 is 0 Å². The Kier molecular flexibility index (Phi) is 12.0. The van der Waals surface area contributed by atoms with Gasteiger partial charge in [-0.1, -0.05) is 110 Å². The predicted molar refractivity (Wildman–Crippen MR) is 139 cm³/mol. The quantitative estimate of drug-likeness (QED) is 0.230. The molecule has 33 heavy (non-hydrogen) atoms. The third kappa shape index (κ3) is 8.57. The molecular formula is C28H48N4O. The minimum atomic E-state index is 0.0580. The summed E-state index contributed by atoms with van der Waals surface area (Å²) in [6.45, 7) is 4.00. The largest absolute Gasteiger partial charge is 0.315 e. The number of hydrogen-bond acceptors (Lipinski definition) is 3. The van der Waals surface area contributed by atoms with Crippen LogP contribution in [0.2, 0.25) is 0 Å². The molecule has 0 unspecified atom stereocenters. The SMILES string of the molecule is CCCCCCCCCCCCCCCCCCn1cnc2c(=O)n3c(nc21)CCCCC3. The first-order valence-electron chi connectivity index (χ1n) is 14.3. The molecule has 0 atom stereocenters. The summed E-state index contributed by atoms with van der Waals surface area (Å²) in [5, 5.41) is 0. The Morgan fingerprint density at radius 1 is 0.758 bits per heavy atom. The van der Waals surface area contributed by atoms with Crippen LogP contribution in [0.25, 0.3) is 11.2 Å². The lowest BCUT2D eigenvalue weighted by molar-refractivity contribution is 0.522. The number of aromatic nitrogens is 4. The summed E-state index contributed by atoms with van der Waals surface area (Å²) < 4.78 is 3.97.